The second-order valence-corrected chi connectivity index (χ2v) is 4.72. The molecule has 0 atom stereocenters. The number of benzene rings is 1. The molecule has 2 aromatic rings. The molecule has 2 rings (SSSR count). The molecule has 0 unspecified atom stereocenters. The Labute approximate surface area is 129 Å². The van der Waals surface area contributed by atoms with Crippen molar-refractivity contribution in [2.24, 2.45) is 0 Å². The van der Waals surface area contributed by atoms with E-state index < -0.39 is 17.7 Å². The average Bonchev–Trinajstić information content (AvgIpc) is 2.46. The minimum atomic E-state index is -4.43. The second-order valence-electron chi connectivity index (χ2n) is 4.31. The second kappa shape index (κ2) is 6.36. The number of carbonyl (C=O) groups excluding carboxylic acids is 1. The van der Waals surface area contributed by atoms with Crippen LogP contribution in [-0.4, -0.2) is 17.6 Å². The lowest BCUT2D eigenvalue weighted by Crippen LogP contribution is -2.09. The molecule has 0 saturated carbocycles. The molecular formula is C15H11ClF3NO2. The molecule has 0 amide bonds. The molecular weight excluding hydrogens is 319 g/mol. The molecule has 0 bridgehead atoms. The SMILES string of the molecule is CCOC(=O)c1c(Cl)ccnc1-c1ccc(C(F)(F)F)cc1. The standard InChI is InChI=1S/C15H11ClF3NO2/c1-2-22-14(21)12-11(16)7-8-20-13(12)9-3-5-10(6-4-9)15(17,18)19/h3-8H,2H2,1H3. The van der Waals surface area contributed by atoms with Crippen LogP contribution in [0, 0.1) is 0 Å². The molecule has 116 valence electrons. The summed E-state index contributed by atoms with van der Waals surface area (Å²) in [6.07, 6.45) is -3.05. The Morgan fingerprint density at radius 2 is 1.86 bits per heavy atom. The first-order valence-corrected chi connectivity index (χ1v) is 6.71. The number of nitrogens with zero attached hydrogens (tertiary/aromatic N) is 1. The first-order chi connectivity index (χ1) is 10.3. The van der Waals surface area contributed by atoms with E-state index in [-0.39, 0.29) is 22.9 Å². The van der Waals surface area contributed by atoms with Crippen LogP contribution in [0.4, 0.5) is 13.2 Å². The highest BCUT2D eigenvalue weighted by Gasteiger charge is 2.30. The van der Waals surface area contributed by atoms with Crippen molar-refractivity contribution >= 4 is 17.6 Å². The van der Waals surface area contributed by atoms with Crippen LogP contribution >= 0.6 is 11.6 Å². The van der Waals surface area contributed by atoms with Crippen molar-refractivity contribution in [2.45, 2.75) is 13.1 Å². The largest absolute Gasteiger partial charge is 0.462 e. The minimum Gasteiger partial charge on any atom is -0.462 e. The maximum Gasteiger partial charge on any atom is 0.416 e. The molecule has 3 nitrogen and oxygen atoms in total. The van der Waals surface area contributed by atoms with Gasteiger partial charge in [-0.2, -0.15) is 13.2 Å². The molecule has 1 heterocycles. The summed E-state index contributed by atoms with van der Waals surface area (Å²) >= 11 is 5.99. The number of esters is 1. The Balaban J connectivity index is 2.49. The molecule has 0 saturated heterocycles. The Hall–Kier alpha value is -2.08. The summed E-state index contributed by atoms with van der Waals surface area (Å²) in [6.45, 7) is 1.79. The van der Waals surface area contributed by atoms with Gasteiger partial charge >= 0.3 is 12.1 Å². The van der Waals surface area contributed by atoms with Crippen molar-refractivity contribution in [2.75, 3.05) is 6.61 Å². The summed E-state index contributed by atoms with van der Waals surface area (Å²) in [7, 11) is 0. The molecule has 0 N–H and O–H groups in total. The number of hydrogen-bond donors (Lipinski definition) is 0. The molecule has 0 fully saturated rings. The van der Waals surface area contributed by atoms with Crippen molar-refractivity contribution in [1.29, 1.82) is 0 Å². The first kappa shape index (κ1) is 16.3. The van der Waals surface area contributed by atoms with Gasteiger partial charge in [0.2, 0.25) is 0 Å². The first-order valence-electron chi connectivity index (χ1n) is 6.34. The third-order valence-corrected chi connectivity index (χ3v) is 3.18. The molecule has 1 aromatic heterocycles. The van der Waals surface area contributed by atoms with Gasteiger partial charge in [-0.3, -0.25) is 4.98 Å². The van der Waals surface area contributed by atoms with Crippen LogP contribution in [-0.2, 0) is 10.9 Å². The van der Waals surface area contributed by atoms with Gasteiger partial charge < -0.3 is 4.74 Å². The van der Waals surface area contributed by atoms with Crippen LogP contribution in [0.5, 0.6) is 0 Å². The monoisotopic (exact) mass is 329 g/mol. The topological polar surface area (TPSA) is 39.2 Å². The summed E-state index contributed by atoms with van der Waals surface area (Å²) in [5, 5.41) is 0.128. The molecule has 0 radical (unpaired) electrons. The summed E-state index contributed by atoms with van der Waals surface area (Å²) in [5.74, 6) is -0.671. The fraction of sp³-hybridized carbons (Fsp3) is 0.200. The van der Waals surface area contributed by atoms with E-state index >= 15 is 0 Å². The summed E-state index contributed by atoms with van der Waals surface area (Å²) < 4.78 is 42.7. The molecule has 0 spiro atoms. The van der Waals surface area contributed by atoms with Gasteiger partial charge in [-0.15, -0.1) is 0 Å². The van der Waals surface area contributed by atoms with Crippen molar-refractivity contribution in [3.63, 3.8) is 0 Å². The van der Waals surface area contributed by atoms with Crippen LogP contribution in [0.3, 0.4) is 0 Å². The van der Waals surface area contributed by atoms with E-state index in [1.165, 1.54) is 24.4 Å². The molecule has 7 heteroatoms. The number of pyridine rings is 1. The Morgan fingerprint density at radius 1 is 1.23 bits per heavy atom. The van der Waals surface area contributed by atoms with E-state index in [2.05, 4.69) is 4.98 Å². The third-order valence-electron chi connectivity index (χ3n) is 2.87. The highest BCUT2D eigenvalue weighted by molar-refractivity contribution is 6.34. The lowest BCUT2D eigenvalue weighted by molar-refractivity contribution is -0.137. The summed E-state index contributed by atoms with van der Waals surface area (Å²) in [4.78, 5) is 16.0. The zero-order chi connectivity index (χ0) is 16.3. The van der Waals surface area contributed by atoms with Crippen LogP contribution in [0.25, 0.3) is 11.3 Å². The van der Waals surface area contributed by atoms with Crippen molar-refractivity contribution in [3.05, 3.63) is 52.7 Å². The smallest absolute Gasteiger partial charge is 0.416 e. The number of hydrogen-bond acceptors (Lipinski definition) is 3. The van der Waals surface area contributed by atoms with Gasteiger partial charge in [0, 0.05) is 11.8 Å². The lowest BCUT2D eigenvalue weighted by atomic mass is 10.0. The molecule has 0 aliphatic heterocycles. The van der Waals surface area contributed by atoms with Gasteiger partial charge in [0.1, 0.15) is 5.56 Å². The van der Waals surface area contributed by atoms with E-state index in [1.807, 2.05) is 0 Å². The van der Waals surface area contributed by atoms with Gasteiger partial charge in [0.15, 0.2) is 0 Å². The Bertz CT molecular complexity index is 684. The van der Waals surface area contributed by atoms with Crippen LogP contribution in [0.15, 0.2) is 36.5 Å². The molecule has 0 aliphatic rings. The number of carbonyl (C=O) groups is 1. The molecule has 22 heavy (non-hydrogen) atoms. The van der Waals surface area contributed by atoms with Crippen molar-refractivity contribution in [1.82, 2.24) is 4.98 Å². The number of ether oxygens (including phenoxy) is 1. The Morgan fingerprint density at radius 3 is 2.41 bits per heavy atom. The number of alkyl halides is 3. The highest BCUT2D eigenvalue weighted by Crippen LogP contribution is 2.32. The van der Waals surface area contributed by atoms with Gasteiger partial charge in [-0.05, 0) is 25.1 Å². The van der Waals surface area contributed by atoms with Crippen LogP contribution in [0.1, 0.15) is 22.8 Å². The number of aromatic nitrogens is 1. The van der Waals surface area contributed by atoms with Gasteiger partial charge in [0.25, 0.3) is 0 Å². The predicted molar refractivity (Wildman–Crippen MR) is 75.6 cm³/mol. The summed E-state index contributed by atoms with van der Waals surface area (Å²) in [5.41, 5.74) is -0.222. The summed E-state index contributed by atoms with van der Waals surface area (Å²) in [6, 6.07) is 5.75. The average molecular weight is 330 g/mol. The van der Waals surface area contributed by atoms with E-state index in [4.69, 9.17) is 16.3 Å². The maximum absolute atomic E-state index is 12.6. The highest BCUT2D eigenvalue weighted by atomic mass is 35.5. The van der Waals surface area contributed by atoms with Crippen molar-refractivity contribution < 1.29 is 22.7 Å². The fourth-order valence-electron chi connectivity index (χ4n) is 1.87. The van der Waals surface area contributed by atoms with E-state index in [9.17, 15) is 18.0 Å². The maximum atomic E-state index is 12.6. The van der Waals surface area contributed by atoms with Gasteiger partial charge in [-0.1, -0.05) is 23.7 Å². The zero-order valence-corrected chi connectivity index (χ0v) is 12.2. The minimum absolute atomic E-state index is 0.0331. The van der Waals surface area contributed by atoms with Crippen LogP contribution < -0.4 is 0 Å². The molecule has 0 aliphatic carbocycles. The normalized spacial score (nSPS) is 11.3. The zero-order valence-electron chi connectivity index (χ0n) is 11.4. The number of halogens is 4. The van der Waals surface area contributed by atoms with Crippen LogP contribution in [0.2, 0.25) is 5.02 Å². The molecule has 1 aromatic carbocycles. The van der Waals surface area contributed by atoms with Crippen molar-refractivity contribution in [3.8, 4) is 11.3 Å². The van der Waals surface area contributed by atoms with E-state index in [0.717, 1.165) is 12.1 Å². The quantitative estimate of drug-likeness (QED) is 0.773. The number of rotatable bonds is 3. The van der Waals surface area contributed by atoms with E-state index in [0.29, 0.717) is 5.56 Å². The fourth-order valence-corrected chi connectivity index (χ4v) is 2.09. The predicted octanol–water partition coefficient (Wildman–Crippen LogP) is 4.60. The van der Waals surface area contributed by atoms with Gasteiger partial charge in [-0.25, -0.2) is 4.79 Å². The lowest BCUT2D eigenvalue weighted by Gasteiger charge is -2.11. The third kappa shape index (κ3) is 3.39. The van der Waals surface area contributed by atoms with Gasteiger partial charge in [0.05, 0.1) is 22.9 Å². The van der Waals surface area contributed by atoms with E-state index in [1.54, 1.807) is 6.92 Å². The Kier molecular flexibility index (Phi) is 4.71.